The van der Waals surface area contributed by atoms with Crippen molar-refractivity contribution in [1.82, 2.24) is 4.58 Å². The standard InChI is InChI=1S/C5H12N2O6S/c1-2-3-4-5-13-7(6(8)9)14(10,11)12/h2-5H2,1H3,(H,10,11,12). The predicted molar refractivity (Wildman–Crippen MR) is 45.9 cm³/mol. The minimum atomic E-state index is -4.94. The Morgan fingerprint density at radius 3 is 2.43 bits per heavy atom. The molecule has 0 rings (SSSR count). The summed E-state index contributed by atoms with van der Waals surface area (Å²) < 4.78 is 28.4. The van der Waals surface area contributed by atoms with Crippen molar-refractivity contribution in [2.24, 2.45) is 0 Å². The van der Waals surface area contributed by atoms with Crippen LogP contribution in [0.25, 0.3) is 0 Å². The molecule has 0 saturated heterocycles. The molecule has 0 fully saturated rings. The summed E-state index contributed by atoms with van der Waals surface area (Å²) in [6.45, 7) is 1.78. The molecule has 0 aromatic heterocycles. The van der Waals surface area contributed by atoms with Gasteiger partial charge in [-0.2, -0.15) is 8.42 Å². The van der Waals surface area contributed by atoms with Crippen LogP contribution in [0.3, 0.4) is 0 Å². The van der Waals surface area contributed by atoms with Crippen LogP contribution in [0, 0.1) is 10.1 Å². The fourth-order valence-corrected chi connectivity index (χ4v) is 1.07. The second kappa shape index (κ2) is 5.73. The van der Waals surface area contributed by atoms with Gasteiger partial charge in [-0.15, -0.1) is 0 Å². The first-order valence-electron chi connectivity index (χ1n) is 3.94. The monoisotopic (exact) mass is 228 g/mol. The third kappa shape index (κ3) is 4.94. The van der Waals surface area contributed by atoms with Crippen molar-refractivity contribution >= 4 is 10.3 Å². The first-order valence-corrected chi connectivity index (χ1v) is 5.34. The molecule has 0 aliphatic heterocycles. The van der Waals surface area contributed by atoms with Gasteiger partial charge in [0.05, 0.1) is 6.61 Å². The second-order valence-electron chi connectivity index (χ2n) is 2.46. The van der Waals surface area contributed by atoms with Crippen molar-refractivity contribution in [1.29, 1.82) is 0 Å². The summed E-state index contributed by atoms with van der Waals surface area (Å²) in [7, 11) is -4.94. The van der Waals surface area contributed by atoms with Gasteiger partial charge in [0.1, 0.15) is 0 Å². The van der Waals surface area contributed by atoms with E-state index in [1.54, 1.807) is 0 Å². The van der Waals surface area contributed by atoms with Gasteiger partial charge in [-0.1, -0.05) is 19.8 Å². The summed E-state index contributed by atoms with van der Waals surface area (Å²) in [5.41, 5.74) is 0. The van der Waals surface area contributed by atoms with E-state index in [0.717, 1.165) is 12.8 Å². The Morgan fingerprint density at radius 2 is 2.07 bits per heavy atom. The molecule has 1 N–H and O–H groups in total. The molecule has 0 aromatic carbocycles. The van der Waals surface area contributed by atoms with E-state index >= 15 is 0 Å². The zero-order chi connectivity index (χ0) is 11.2. The molecular weight excluding hydrogens is 216 g/mol. The maximum absolute atomic E-state index is 10.4. The van der Waals surface area contributed by atoms with Crippen LogP contribution in [0.1, 0.15) is 26.2 Å². The summed E-state index contributed by atoms with van der Waals surface area (Å²) in [5, 5.41) is 8.73. The molecular formula is C5H12N2O6S. The lowest BCUT2D eigenvalue weighted by Crippen LogP contribution is -2.36. The smallest absolute Gasteiger partial charge is 0.264 e. The topological polar surface area (TPSA) is 110 Å². The fourth-order valence-electron chi connectivity index (χ4n) is 0.693. The highest BCUT2D eigenvalue weighted by atomic mass is 32.2. The van der Waals surface area contributed by atoms with Gasteiger partial charge in [0.25, 0.3) is 0 Å². The normalized spacial score (nSPS) is 11.3. The highest BCUT2D eigenvalue weighted by molar-refractivity contribution is 7.83. The molecule has 0 aromatic rings. The first kappa shape index (κ1) is 13.1. The van der Waals surface area contributed by atoms with Gasteiger partial charge in [0.15, 0.2) is 4.58 Å². The van der Waals surface area contributed by atoms with Crippen LogP contribution in [0.15, 0.2) is 0 Å². The number of unbranched alkanes of at least 4 members (excludes halogenated alkanes) is 2. The predicted octanol–water partition coefficient (Wildman–Crippen LogP) is 0.405. The Morgan fingerprint density at radius 1 is 1.50 bits per heavy atom. The molecule has 0 saturated carbocycles. The number of nitro groups is 1. The summed E-state index contributed by atoms with van der Waals surface area (Å²) in [6, 6.07) is 0. The zero-order valence-electron chi connectivity index (χ0n) is 7.62. The molecule has 8 nitrogen and oxygen atoms in total. The van der Waals surface area contributed by atoms with Gasteiger partial charge < -0.3 is 0 Å². The van der Waals surface area contributed by atoms with Gasteiger partial charge in [0, 0.05) is 0 Å². The molecule has 0 aliphatic carbocycles. The molecule has 0 spiro atoms. The maximum Gasteiger partial charge on any atom is 0.436 e. The van der Waals surface area contributed by atoms with Gasteiger partial charge in [-0.3, -0.25) is 4.55 Å². The largest absolute Gasteiger partial charge is 0.436 e. The van der Waals surface area contributed by atoms with Gasteiger partial charge in [-0.05, 0) is 6.42 Å². The Labute approximate surface area is 81.4 Å². The van der Waals surface area contributed by atoms with Crippen molar-refractivity contribution in [2.45, 2.75) is 26.2 Å². The summed E-state index contributed by atoms with van der Waals surface area (Å²) in [4.78, 5) is 14.3. The number of rotatable bonds is 7. The van der Waals surface area contributed by atoms with E-state index in [-0.39, 0.29) is 6.61 Å². The SMILES string of the molecule is CCCCCON([N+](=O)[O-])S(=O)(=O)O. The first-order chi connectivity index (χ1) is 6.39. The van der Waals surface area contributed by atoms with Crippen molar-refractivity contribution in [3.05, 3.63) is 10.1 Å². The lowest BCUT2D eigenvalue weighted by atomic mass is 10.3. The van der Waals surface area contributed by atoms with E-state index in [9.17, 15) is 18.5 Å². The van der Waals surface area contributed by atoms with Crippen LogP contribution in [-0.2, 0) is 15.1 Å². The molecule has 0 atom stereocenters. The quantitative estimate of drug-likeness (QED) is 0.292. The molecule has 0 amide bonds. The van der Waals surface area contributed by atoms with Crippen molar-refractivity contribution in [2.75, 3.05) is 6.61 Å². The van der Waals surface area contributed by atoms with Crippen molar-refractivity contribution < 1.29 is 22.8 Å². The maximum atomic E-state index is 10.4. The Bertz CT molecular complexity index is 276. The van der Waals surface area contributed by atoms with Crippen LogP contribution >= 0.6 is 0 Å². The van der Waals surface area contributed by atoms with E-state index in [1.807, 2.05) is 6.92 Å². The summed E-state index contributed by atoms with van der Waals surface area (Å²) in [5.74, 6) is 0. The lowest BCUT2D eigenvalue weighted by Gasteiger charge is -2.08. The number of hydrogen-bond acceptors (Lipinski definition) is 5. The molecule has 0 heterocycles. The number of nitrogens with zero attached hydrogens (tertiary/aromatic N) is 2. The second-order valence-corrected chi connectivity index (χ2v) is 3.67. The minimum Gasteiger partial charge on any atom is -0.264 e. The van der Waals surface area contributed by atoms with Crippen LogP contribution in [0.5, 0.6) is 0 Å². The highest BCUT2D eigenvalue weighted by Crippen LogP contribution is 2.01. The van der Waals surface area contributed by atoms with Gasteiger partial charge in [-0.25, -0.2) is 15.0 Å². The van der Waals surface area contributed by atoms with Crippen LogP contribution in [0.2, 0.25) is 0 Å². The van der Waals surface area contributed by atoms with Gasteiger partial charge >= 0.3 is 10.3 Å². The van der Waals surface area contributed by atoms with Crippen molar-refractivity contribution in [3.63, 3.8) is 0 Å². The minimum absolute atomic E-state index is 0.130. The lowest BCUT2D eigenvalue weighted by molar-refractivity contribution is -0.696. The molecule has 84 valence electrons. The molecule has 0 aliphatic rings. The van der Waals surface area contributed by atoms with E-state index in [0.29, 0.717) is 6.42 Å². The average molecular weight is 228 g/mol. The molecule has 9 heteroatoms. The summed E-state index contributed by atoms with van der Waals surface area (Å²) in [6.07, 6.45) is 2.11. The summed E-state index contributed by atoms with van der Waals surface area (Å²) >= 11 is 0. The third-order valence-corrected chi connectivity index (χ3v) is 1.91. The average Bonchev–Trinajstić information content (AvgIpc) is 2.01. The van der Waals surface area contributed by atoms with Gasteiger partial charge in [0.2, 0.25) is 5.03 Å². The van der Waals surface area contributed by atoms with E-state index in [2.05, 4.69) is 4.84 Å². The highest BCUT2D eigenvalue weighted by Gasteiger charge is 2.30. The van der Waals surface area contributed by atoms with Crippen LogP contribution in [0.4, 0.5) is 0 Å². The van der Waals surface area contributed by atoms with E-state index < -0.39 is 19.9 Å². The van der Waals surface area contributed by atoms with Crippen LogP contribution < -0.4 is 0 Å². The fraction of sp³-hybridized carbons (Fsp3) is 1.00. The van der Waals surface area contributed by atoms with E-state index in [4.69, 9.17) is 4.55 Å². The Balaban J connectivity index is 4.07. The number of hydrazine groups is 1. The van der Waals surface area contributed by atoms with Crippen molar-refractivity contribution in [3.8, 4) is 0 Å². The number of hydrogen-bond donors (Lipinski definition) is 1. The van der Waals surface area contributed by atoms with Crippen LogP contribution in [-0.4, -0.2) is 29.2 Å². The van der Waals surface area contributed by atoms with E-state index in [1.165, 1.54) is 0 Å². The zero-order valence-corrected chi connectivity index (χ0v) is 8.44. The molecule has 0 unspecified atom stereocenters. The Kier molecular flexibility index (Phi) is 5.35. The molecule has 0 bridgehead atoms. The Hall–Kier alpha value is -0.930. The molecule has 0 radical (unpaired) electrons. The molecule has 14 heavy (non-hydrogen) atoms. The third-order valence-electron chi connectivity index (χ3n) is 1.28.